The van der Waals surface area contributed by atoms with E-state index >= 15 is 0 Å². The molecule has 0 saturated heterocycles. The van der Waals surface area contributed by atoms with E-state index in [1.807, 2.05) is 0 Å². The molecule has 19 heavy (non-hydrogen) atoms. The zero-order valence-corrected chi connectivity index (χ0v) is 12.3. The number of amides is 1. The number of benzene rings is 1. The van der Waals surface area contributed by atoms with E-state index in [1.54, 1.807) is 37.3 Å². The maximum absolute atomic E-state index is 11.4. The maximum Gasteiger partial charge on any atom is 0.408 e. The molecule has 1 unspecified atom stereocenters. The fourth-order valence-electron chi connectivity index (χ4n) is 1.30. The van der Waals surface area contributed by atoms with Crippen LogP contribution in [0.25, 0.3) is 0 Å². The molecule has 1 aromatic rings. The number of carbonyl (C=O) groups excluding carboxylic acids is 1. The molecule has 106 valence electrons. The summed E-state index contributed by atoms with van der Waals surface area (Å²) in [5, 5.41) is 13.0. The second-order valence-corrected chi connectivity index (χ2v) is 5.86. The highest BCUT2D eigenvalue weighted by Gasteiger charge is 2.39. The summed E-state index contributed by atoms with van der Waals surface area (Å²) >= 11 is 17.2. The Morgan fingerprint density at radius 2 is 2.00 bits per heavy atom. The molecule has 0 aliphatic carbocycles. The summed E-state index contributed by atoms with van der Waals surface area (Å²) in [5.41, 5.74) is 0.357. The summed E-state index contributed by atoms with van der Waals surface area (Å²) in [5.74, 6) is 0. The molecule has 1 atom stereocenters. The summed E-state index contributed by atoms with van der Waals surface area (Å²) in [6.45, 7) is 1.80. The predicted octanol–water partition coefficient (Wildman–Crippen LogP) is 3.32. The first kappa shape index (κ1) is 16.2. The van der Waals surface area contributed by atoms with Crippen molar-refractivity contribution in [3.8, 4) is 0 Å². The zero-order chi connectivity index (χ0) is 14.5. The van der Waals surface area contributed by atoms with Crippen molar-refractivity contribution in [2.45, 2.75) is 16.9 Å². The number of anilines is 1. The molecule has 0 fully saturated rings. The Balaban J connectivity index is 2.89. The Bertz CT molecular complexity index is 411. The molecule has 1 amide bonds. The van der Waals surface area contributed by atoms with Gasteiger partial charge in [0.05, 0.1) is 12.3 Å². The van der Waals surface area contributed by atoms with Crippen molar-refractivity contribution in [3.05, 3.63) is 30.3 Å². The average molecular weight is 328 g/mol. The second kappa shape index (κ2) is 7.05. The number of alkyl halides is 3. The molecular weight excluding hydrogens is 314 g/mol. The molecule has 0 spiro atoms. The Morgan fingerprint density at radius 3 is 2.47 bits per heavy atom. The van der Waals surface area contributed by atoms with Crippen LogP contribution in [0.3, 0.4) is 0 Å². The molecule has 1 aromatic carbocycles. The highest BCUT2D eigenvalue weighted by atomic mass is 35.6. The number of rotatable bonds is 4. The van der Waals surface area contributed by atoms with Gasteiger partial charge in [-0.05, 0) is 19.1 Å². The van der Waals surface area contributed by atoms with Gasteiger partial charge in [0, 0.05) is 0 Å². The van der Waals surface area contributed by atoms with Crippen LogP contribution in [0.5, 0.6) is 0 Å². The first-order chi connectivity index (χ1) is 8.86. The second-order valence-electron chi connectivity index (χ2n) is 3.49. The molecule has 0 radical (unpaired) electrons. The Kier molecular flexibility index (Phi) is 6.00. The monoisotopic (exact) mass is 326 g/mol. The predicted molar refractivity (Wildman–Crippen MR) is 74.9 cm³/mol. The van der Waals surface area contributed by atoms with Crippen molar-refractivity contribution in [1.82, 2.24) is 5.32 Å². The van der Waals surface area contributed by atoms with Crippen LogP contribution in [0.2, 0.25) is 0 Å². The highest BCUT2D eigenvalue weighted by Crippen LogP contribution is 2.33. The van der Waals surface area contributed by atoms with Gasteiger partial charge in [-0.15, -0.1) is 0 Å². The maximum atomic E-state index is 11.4. The SMILES string of the molecule is CCOC(=O)NC(N(O)c1ccccc1)C(Cl)(Cl)Cl. The molecule has 0 aromatic heterocycles. The van der Waals surface area contributed by atoms with Crippen LogP contribution in [0.4, 0.5) is 10.5 Å². The van der Waals surface area contributed by atoms with E-state index in [2.05, 4.69) is 10.1 Å². The van der Waals surface area contributed by atoms with Gasteiger partial charge in [-0.25, -0.2) is 9.86 Å². The average Bonchev–Trinajstić information content (AvgIpc) is 2.35. The van der Waals surface area contributed by atoms with Crippen LogP contribution in [-0.2, 0) is 4.74 Å². The fraction of sp³-hybridized carbons (Fsp3) is 0.364. The minimum absolute atomic E-state index is 0.162. The van der Waals surface area contributed by atoms with Gasteiger partial charge in [0.25, 0.3) is 0 Å². The van der Waals surface area contributed by atoms with E-state index in [9.17, 15) is 10.0 Å². The van der Waals surface area contributed by atoms with Crippen LogP contribution in [0.1, 0.15) is 6.92 Å². The summed E-state index contributed by atoms with van der Waals surface area (Å²) in [6, 6.07) is 8.34. The lowest BCUT2D eigenvalue weighted by Gasteiger charge is -2.32. The fourth-order valence-corrected chi connectivity index (χ4v) is 1.74. The zero-order valence-electron chi connectivity index (χ0n) is 10.0. The van der Waals surface area contributed by atoms with Crippen molar-refractivity contribution in [3.63, 3.8) is 0 Å². The number of nitrogens with one attached hydrogen (secondary N) is 1. The summed E-state index contributed by atoms with van der Waals surface area (Å²) in [7, 11) is 0. The smallest absolute Gasteiger partial charge is 0.408 e. The third-order valence-electron chi connectivity index (χ3n) is 2.11. The lowest BCUT2D eigenvalue weighted by Crippen LogP contribution is -2.54. The number of ether oxygens (including phenoxy) is 1. The van der Waals surface area contributed by atoms with E-state index in [0.29, 0.717) is 10.8 Å². The number of hydrogen-bond acceptors (Lipinski definition) is 4. The van der Waals surface area contributed by atoms with Crippen LogP contribution >= 0.6 is 34.8 Å². The normalized spacial score (nSPS) is 12.7. The van der Waals surface area contributed by atoms with Crippen molar-refractivity contribution < 1.29 is 14.7 Å². The van der Waals surface area contributed by atoms with E-state index in [4.69, 9.17) is 34.8 Å². The largest absolute Gasteiger partial charge is 0.450 e. The number of para-hydroxylation sites is 1. The minimum Gasteiger partial charge on any atom is -0.450 e. The molecule has 0 heterocycles. The molecule has 0 saturated carbocycles. The van der Waals surface area contributed by atoms with E-state index < -0.39 is 16.1 Å². The number of halogens is 3. The Hall–Kier alpha value is -0.880. The summed E-state index contributed by atoms with van der Waals surface area (Å²) in [4.78, 5) is 11.4. The lowest BCUT2D eigenvalue weighted by molar-refractivity contribution is 0.134. The van der Waals surface area contributed by atoms with Gasteiger partial charge in [-0.2, -0.15) is 0 Å². The van der Waals surface area contributed by atoms with Crippen molar-refractivity contribution in [2.75, 3.05) is 11.7 Å². The topological polar surface area (TPSA) is 61.8 Å². The van der Waals surface area contributed by atoms with E-state index in [1.165, 1.54) is 0 Å². The van der Waals surface area contributed by atoms with Crippen LogP contribution in [-0.4, -0.2) is 27.9 Å². The van der Waals surface area contributed by atoms with Crippen molar-refractivity contribution in [2.24, 2.45) is 0 Å². The van der Waals surface area contributed by atoms with Gasteiger partial charge >= 0.3 is 6.09 Å². The third-order valence-corrected chi connectivity index (χ3v) is 2.73. The summed E-state index contributed by atoms with van der Waals surface area (Å²) < 4.78 is 2.74. The molecule has 0 aliphatic rings. The van der Waals surface area contributed by atoms with E-state index in [0.717, 1.165) is 0 Å². The molecule has 0 bridgehead atoms. The molecule has 1 rings (SSSR count). The van der Waals surface area contributed by atoms with Crippen LogP contribution < -0.4 is 10.4 Å². The Morgan fingerprint density at radius 1 is 1.42 bits per heavy atom. The number of hydroxylamine groups is 1. The molecule has 8 heteroatoms. The Labute approximate surface area is 125 Å². The quantitative estimate of drug-likeness (QED) is 0.506. The van der Waals surface area contributed by atoms with Gasteiger partial charge in [0.1, 0.15) is 0 Å². The minimum atomic E-state index is -1.95. The van der Waals surface area contributed by atoms with Gasteiger partial charge in [0.15, 0.2) is 6.17 Å². The van der Waals surface area contributed by atoms with Crippen molar-refractivity contribution >= 4 is 46.6 Å². The number of nitrogens with zero attached hydrogens (tertiary/aromatic N) is 1. The molecular formula is C11H13Cl3N2O3. The number of alkyl carbamates (subject to hydrolysis) is 1. The highest BCUT2D eigenvalue weighted by molar-refractivity contribution is 6.68. The van der Waals surface area contributed by atoms with Gasteiger partial charge in [0.2, 0.25) is 3.79 Å². The van der Waals surface area contributed by atoms with Crippen LogP contribution in [0.15, 0.2) is 30.3 Å². The van der Waals surface area contributed by atoms with E-state index in [-0.39, 0.29) is 6.61 Å². The first-order valence-corrected chi connectivity index (χ1v) is 6.52. The molecule has 5 nitrogen and oxygen atoms in total. The molecule has 0 aliphatic heterocycles. The molecule has 2 N–H and O–H groups in total. The summed E-state index contributed by atoms with van der Waals surface area (Å²) in [6.07, 6.45) is -2.09. The van der Waals surface area contributed by atoms with Gasteiger partial charge in [-0.3, -0.25) is 10.5 Å². The number of hydrogen-bond donors (Lipinski definition) is 2. The standard InChI is InChI=1S/C11H13Cl3N2O3/c1-2-19-10(17)15-9(11(12,13)14)16(18)8-6-4-3-5-7-8/h3-7,9,18H,2H2,1H3,(H,15,17). The van der Waals surface area contributed by atoms with Gasteiger partial charge < -0.3 is 4.74 Å². The first-order valence-electron chi connectivity index (χ1n) is 5.39. The lowest BCUT2D eigenvalue weighted by atomic mass is 10.3. The van der Waals surface area contributed by atoms with Gasteiger partial charge in [-0.1, -0.05) is 53.0 Å². The van der Waals surface area contributed by atoms with Crippen molar-refractivity contribution in [1.29, 1.82) is 0 Å². The van der Waals surface area contributed by atoms with Crippen LogP contribution in [0, 0.1) is 0 Å². The number of carbonyl (C=O) groups is 1. The third kappa shape index (κ3) is 4.95.